The highest BCUT2D eigenvalue weighted by molar-refractivity contribution is 5.85. The van der Waals surface area contributed by atoms with Crippen molar-refractivity contribution in [1.82, 2.24) is 15.1 Å². The molecule has 0 saturated carbocycles. The number of nitrogens with one attached hydrogen (secondary N) is 1. The van der Waals surface area contributed by atoms with Crippen LogP contribution in [0.3, 0.4) is 0 Å². The van der Waals surface area contributed by atoms with Crippen LogP contribution in [-0.2, 0) is 4.79 Å². The van der Waals surface area contributed by atoms with Crippen LogP contribution < -0.4 is 5.32 Å². The summed E-state index contributed by atoms with van der Waals surface area (Å²) in [6, 6.07) is 0.564. The lowest BCUT2D eigenvalue weighted by molar-refractivity contribution is -0.135. The quantitative estimate of drug-likeness (QED) is 0.864. The maximum absolute atomic E-state index is 12.5. The van der Waals surface area contributed by atoms with E-state index in [0.717, 1.165) is 32.6 Å². The van der Waals surface area contributed by atoms with Gasteiger partial charge in [-0.1, -0.05) is 13.8 Å². The molecule has 2 aliphatic rings. The number of rotatable bonds is 3. The minimum Gasteiger partial charge on any atom is -0.341 e. The monoisotopic (exact) mass is 317 g/mol. The second-order valence-electron chi connectivity index (χ2n) is 6.99. The van der Waals surface area contributed by atoms with Gasteiger partial charge in [0.05, 0.1) is 6.54 Å². The fourth-order valence-corrected chi connectivity index (χ4v) is 3.75. The van der Waals surface area contributed by atoms with Gasteiger partial charge in [0, 0.05) is 19.1 Å². The van der Waals surface area contributed by atoms with Gasteiger partial charge in [0.2, 0.25) is 5.91 Å². The number of carbonyl (C=O) groups is 1. The summed E-state index contributed by atoms with van der Waals surface area (Å²) < 4.78 is 0. The largest absolute Gasteiger partial charge is 0.341 e. The number of amides is 1. The smallest absolute Gasteiger partial charge is 0.236 e. The Kier molecular flexibility index (Phi) is 7.99. The van der Waals surface area contributed by atoms with Gasteiger partial charge in [-0.2, -0.15) is 0 Å². The molecule has 5 heteroatoms. The Morgan fingerprint density at radius 3 is 2.52 bits per heavy atom. The first kappa shape index (κ1) is 18.7. The van der Waals surface area contributed by atoms with E-state index in [1.807, 2.05) is 0 Å². The van der Waals surface area contributed by atoms with Crippen molar-refractivity contribution in [3.05, 3.63) is 0 Å². The zero-order valence-electron chi connectivity index (χ0n) is 13.8. The van der Waals surface area contributed by atoms with E-state index in [1.165, 1.54) is 19.3 Å². The highest BCUT2D eigenvalue weighted by Crippen LogP contribution is 2.21. The standard InChI is InChI=1S/C16H31N3O.ClH/c1-13-9-14(2)11-19(10-13)16(20)12-18(3)15-5-4-7-17-8-6-15;/h13-15,17H,4-12H2,1-3H3;1H. The zero-order chi connectivity index (χ0) is 14.5. The number of likely N-dealkylation sites (N-methyl/N-ethyl adjacent to an activating group) is 1. The molecule has 0 aromatic heterocycles. The Morgan fingerprint density at radius 1 is 1.19 bits per heavy atom. The number of carbonyl (C=O) groups excluding carboxylic acids is 1. The van der Waals surface area contributed by atoms with E-state index in [-0.39, 0.29) is 12.4 Å². The lowest BCUT2D eigenvalue weighted by Crippen LogP contribution is -2.48. The summed E-state index contributed by atoms with van der Waals surface area (Å²) in [5.41, 5.74) is 0. The molecule has 0 aromatic rings. The van der Waals surface area contributed by atoms with Crippen LogP contribution in [0.4, 0.5) is 0 Å². The summed E-state index contributed by atoms with van der Waals surface area (Å²) in [7, 11) is 2.12. The van der Waals surface area contributed by atoms with E-state index in [2.05, 4.69) is 36.0 Å². The third-order valence-corrected chi connectivity index (χ3v) is 4.77. The van der Waals surface area contributed by atoms with Gasteiger partial charge in [-0.3, -0.25) is 9.69 Å². The summed E-state index contributed by atoms with van der Waals surface area (Å²) in [5, 5.41) is 3.44. The molecule has 4 nitrogen and oxygen atoms in total. The van der Waals surface area contributed by atoms with E-state index in [9.17, 15) is 4.79 Å². The summed E-state index contributed by atoms with van der Waals surface area (Å²) in [6.07, 6.45) is 4.86. The fraction of sp³-hybridized carbons (Fsp3) is 0.938. The number of likely N-dealkylation sites (tertiary alicyclic amines) is 1. The highest BCUT2D eigenvalue weighted by atomic mass is 35.5. The van der Waals surface area contributed by atoms with E-state index in [1.54, 1.807) is 0 Å². The number of halogens is 1. The molecule has 0 aromatic carbocycles. The van der Waals surface area contributed by atoms with Crippen molar-refractivity contribution in [2.45, 2.75) is 45.6 Å². The van der Waals surface area contributed by atoms with Crippen molar-refractivity contribution >= 4 is 18.3 Å². The van der Waals surface area contributed by atoms with Gasteiger partial charge < -0.3 is 10.2 Å². The Balaban J connectivity index is 0.00000220. The van der Waals surface area contributed by atoms with Crippen LogP contribution in [0.15, 0.2) is 0 Å². The molecule has 2 saturated heterocycles. The van der Waals surface area contributed by atoms with Gasteiger partial charge in [0.1, 0.15) is 0 Å². The summed E-state index contributed by atoms with van der Waals surface area (Å²) >= 11 is 0. The minimum absolute atomic E-state index is 0. The third kappa shape index (κ3) is 5.76. The van der Waals surface area contributed by atoms with Crippen molar-refractivity contribution in [3.63, 3.8) is 0 Å². The fourth-order valence-electron chi connectivity index (χ4n) is 3.75. The Labute approximate surface area is 136 Å². The van der Waals surface area contributed by atoms with E-state index >= 15 is 0 Å². The minimum atomic E-state index is 0. The maximum Gasteiger partial charge on any atom is 0.236 e. The van der Waals surface area contributed by atoms with Gasteiger partial charge in [0.15, 0.2) is 0 Å². The van der Waals surface area contributed by atoms with Gasteiger partial charge in [-0.15, -0.1) is 12.4 Å². The molecule has 1 N–H and O–H groups in total. The molecule has 21 heavy (non-hydrogen) atoms. The van der Waals surface area contributed by atoms with Crippen LogP contribution in [0.1, 0.15) is 39.5 Å². The summed E-state index contributed by atoms with van der Waals surface area (Å²) in [5.74, 6) is 1.62. The molecule has 0 bridgehead atoms. The summed E-state index contributed by atoms with van der Waals surface area (Å²) in [6.45, 7) is 9.21. The molecule has 3 unspecified atom stereocenters. The van der Waals surface area contributed by atoms with Crippen molar-refractivity contribution in [2.24, 2.45) is 11.8 Å². The van der Waals surface area contributed by atoms with Crippen molar-refractivity contribution < 1.29 is 4.79 Å². The molecular formula is C16H32ClN3O. The predicted molar refractivity (Wildman–Crippen MR) is 89.9 cm³/mol. The number of hydrogen-bond donors (Lipinski definition) is 1. The lowest BCUT2D eigenvalue weighted by Gasteiger charge is -2.36. The molecule has 0 spiro atoms. The maximum atomic E-state index is 12.5. The number of nitrogens with zero attached hydrogens (tertiary/aromatic N) is 2. The van der Waals surface area contributed by atoms with Gasteiger partial charge in [-0.05, 0) is 57.7 Å². The zero-order valence-corrected chi connectivity index (χ0v) is 14.6. The molecule has 2 rings (SSSR count). The first-order valence-corrected chi connectivity index (χ1v) is 8.25. The molecule has 124 valence electrons. The first-order valence-electron chi connectivity index (χ1n) is 8.25. The highest BCUT2D eigenvalue weighted by Gasteiger charge is 2.27. The molecule has 1 amide bonds. The molecule has 3 atom stereocenters. The Morgan fingerprint density at radius 2 is 1.86 bits per heavy atom. The summed E-state index contributed by atoms with van der Waals surface area (Å²) in [4.78, 5) is 16.9. The number of piperidine rings is 1. The Bertz CT molecular complexity index is 309. The number of hydrogen-bond acceptors (Lipinski definition) is 3. The molecule has 2 aliphatic heterocycles. The molecular weight excluding hydrogens is 286 g/mol. The SMILES string of the molecule is CC1CC(C)CN(C(=O)CN(C)C2CCCNCC2)C1.Cl. The van der Waals surface area contributed by atoms with E-state index < -0.39 is 0 Å². The average molecular weight is 318 g/mol. The van der Waals surface area contributed by atoms with Crippen LogP contribution >= 0.6 is 12.4 Å². The van der Waals surface area contributed by atoms with Crippen molar-refractivity contribution in [1.29, 1.82) is 0 Å². The van der Waals surface area contributed by atoms with Crippen LogP contribution in [0.2, 0.25) is 0 Å². The predicted octanol–water partition coefficient (Wildman–Crippen LogP) is 1.99. The van der Waals surface area contributed by atoms with Crippen molar-refractivity contribution in [2.75, 3.05) is 39.8 Å². The second-order valence-corrected chi connectivity index (χ2v) is 6.99. The van der Waals surface area contributed by atoms with Crippen LogP contribution in [0.25, 0.3) is 0 Å². The second kappa shape index (κ2) is 8.96. The average Bonchev–Trinajstić information content (AvgIpc) is 2.66. The van der Waals surface area contributed by atoms with Crippen LogP contribution in [-0.4, -0.2) is 61.5 Å². The van der Waals surface area contributed by atoms with E-state index in [4.69, 9.17) is 0 Å². The molecule has 0 aliphatic carbocycles. The normalized spacial score (nSPS) is 30.7. The topological polar surface area (TPSA) is 35.6 Å². The lowest BCUT2D eigenvalue weighted by atomic mass is 9.92. The molecule has 0 radical (unpaired) electrons. The van der Waals surface area contributed by atoms with Gasteiger partial charge in [-0.25, -0.2) is 0 Å². The van der Waals surface area contributed by atoms with E-state index in [0.29, 0.717) is 30.3 Å². The molecule has 2 fully saturated rings. The van der Waals surface area contributed by atoms with Gasteiger partial charge in [0.25, 0.3) is 0 Å². The van der Waals surface area contributed by atoms with Crippen LogP contribution in [0.5, 0.6) is 0 Å². The third-order valence-electron chi connectivity index (χ3n) is 4.77. The molecule has 2 heterocycles. The van der Waals surface area contributed by atoms with Crippen LogP contribution in [0, 0.1) is 11.8 Å². The van der Waals surface area contributed by atoms with Gasteiger partial charge >= 0.3 is 0 Å². The Hall–Kier alpha value is -0.320. The first-order chi connectivity index (χ1) is 9.56. The van der Waals surface area contributed by atoms with Crippen molar-refractivity contribution in [3.8, 4) is 0 Å².